The Balaban J connectivity index is 1.69. The molecule has 4 aromatic rings. The van der Waals surface area contributed by atoms with Crippen LogP contribution < -0.4 is 0 Å². The number of nitrogens with zero attached hydrogens (tertiary/aromatic N) is 6. The van der Waals surface area contributed by atoms with Crippen molar-refractivity contribution in [1.82, 2.24) is 29.5 Å². The van der Waals surface area contributed by atoms with E-state index in [1.54, 1.807) is 9.36 Å². The molecule has 0 saturated carbocycles. The maximum atomic E-state index is 6.66. The van der Waals surface area contributed by atoms with E-state index >= 15 is 0 Å². The van der Waals surface area contributed by atoms with E-state index in [1.165, 1.54) is 6.33 Å². The Morgan fingerprint density at radius 3 is 2.39 bits per heavy atom. The van der Waals surface area contributed by atoms with E-state index in [-0.39, 0.29) is 0 Å². The van der Waals surface area contributed by atoms with Gasteiger partial charge < -0.3 is 0 Å². The van der Waals surface area contributed by atoms with E-state index in [9.17, 15) is 0 Å². The Kier molecular flexibility index (Phi) is 4.91. The van der Waals surface area contributed by atoms with Gasteiger partial charge in [-0.2, -0.15) is 10.2 Å². The van der Waals surface area contributed by atoms with Gasteiger partial charge in [-0.1, -0.05) is 53.5 Å². The molecule has 0 unspecified atom stereocenters. The van der Waals surface area contributed by atoms with Crippen LogP contribution in [0.1, 0.15) is 22.8 Å². The zero-order chi connectivity index (χ0) is 19.8. The molecule has 0 N–H and O–H groups in total. The molecule has 0 bridgehead atoms. The molecule has 3 aromatic heterocycles. The molecule has 0 atom stereocenters. The smallest absolute Gasteiger partial charge is 0.157 e. The number of rotatable bonds is 4. The molecule has 0 aliphatic heterocycles. The van der Waals surface area contributed by atoms with E-state index in [2.05, 4.69) is 20.2 Å². The van der Waals surface area contributed by atoms with E-state index in [0.717, 1.165) is 34.0 Å². The van der Waals surface area contributed by atoms with Gasteiger partial charge in [0.2, 0.25) is 0 Å². The zero-order valence-corrected chi connectivity index (χ0v) is 17.2. The first-order valence-corrected chi connectivity index (χ1v) is 9.51. The standard InChI is InChI=1S/C20H18Cl2N6/c1-12-18(21)13(2)28(25-12)17-10-15(23-11-24-17)9-16-19(22)20(26-27(16)3)14-7-5-4-6-8-14/h4-8,10-11H,9H2,1-3H3. The molecular formula is C20H18Cl2N6. The SMILES string of the molecule is Cc1nn(-c2cc(Cc3c(Cl)c(-c4ccccc4)nn3C)ncn2)c(C)c1Cl. The quantitative estimate of drug-likeness (QED) is 0.492. The summed E-state index contributed by atoms with van der Waals surface area (Å²) in [5.41, 5.74) is 5.05. The average Bonchev–Trinajstić information content (AvgIpc) is 3.13. The molecule has 0 aliphatic carbocycles. The van der Waals surface area contributed by atoms with Crippen molar-refractivity contribution < 1.29 is 0 Å². The Morgan fingerprint density at radius 2 is 1.71 bits per heavy atom. The lowest BCUT2D eigenvalue weighted by molar-refractivity contribution is 0.720. The minimum Gasteiger partial charge on any atom is -0.270 e. The molecule has 8 heteroatoms. The predicted octanol–water partition coefficient (Wildman–Crippen LogP) is 4.58. The van der Waals surface area contributed by atoms with Crippen molar-refractivity contribution in [3.63, 3.8) is 0 Å². The highest BCUT2D eigenvalue weighted by Gasteiger charge is 2.18. The first-order chi connectivity index (χ1) is 13.5. The molecule has 142 valence electrons. The first-order valence-electron chi connectivity index (χ1n) is 8.75. The largest absolute Gasteiger partial charge is 0.270 e. The number of hydrogen-bond donors (Lipinski definition) is 0. The third-order valence-corrected chi connectivity index (χ3v) is 5.57. The topological polar surface area (TPSA) is 61.4 Å². The lowest BCUT2D eigenvalue weighted by atomic mass is 10.1. The van der Waals surface area contributed by atoms with Crippen molar-refractivity contribution in [3.05, 3.63) is 75.5 Å². The summed E-state index contributed by atoms with van der Waals surface area (Å²) in [4.78, 5) is 8.74. The molecule has 0 saturated heterocycles. The maximum absolute atomic E-state index is 6.66. The van der Waals surface area contributed by atoms with Crippen molar-refractivity contribution in [2.24, 2.45) is 7.05 Å². The van der Waals surface area contributed by atoms with Crippen LogP contribution >= 0.6 is 23.2 Å². The van der Waals surface area contributed by atoms with E-state index in [1.807, 2.05) is 57.3 Å². The minimum atomic E-state index is 0.526. The van der Waals surface area contributed by atoms with Gasteiger partial charge in [-0.05, 0) is 13.8 Å². The van der Waals surface area contributed by atoms with Crippen LogP contribution in [0.15, 0.2) is 42.7 Å². The van der Waals surface area contributed by atoms with Crippen molar-refractivity contribution in [2.75, 3.05) is 0 Å². The fourth-order valence-corrected chi connectivity index (χ4v) is 3.58. The van der Waals surface area contributed by atoms with Gasteiger partial charge in [-0.3, -0.25) is 4.68 Å². The van der Waals surface area contributed by atoms with Gasteiger partial charge in [0.1, 0.15) is 12.0 Å². The third kappa shape index (κ3) is 3.30. The molecule has 3 heterocycles. The number of benzene rings is 1. The Morgan fingerprint density at radius 1 is 0.964 bits per heavy atom. The van der Waals surface area contributed by atoms with Crippen LogP contribution in [0.25, 0.3) is 17.1 Å². The van der Waals surface area contributed by atoms with E-state index in [4.69, 9.17) is 23.2 Å². The van der Waals surface area contributed by atoms with Gasteiger partial charge >= 0.3 is 0 Å². The van der Waals surface area contributed by atoms with Crippen molar-refractivity contribution in [2.45, 2.75) is 20.3 Å². The monoisotopic (exact) mass is 412 g/mol. The number of halogens is 2. The molecule has 1 aromatic carbocycles. The molecule has 0 aliphatic rings. The van der Waals surface area contributed by atoms with Gasteiger partial charge in [0, 0.05) is 25.1 Å². The van der Waals surface area contributed by atoms with Gasteiger partial charge in [0.05, 0.1) is 32.8 Å². The molecule has 0 radical (unpaired) electrons. The number of aromatic nitrogens is 6. The van der Waals surface area contributed by atoms with Crippen molar-refractivity contribution >= 4 is 23.2 Å². The lowest BCUT2D eigenvalue weighted by Crippen LogP contribution is -2.06. The maximum Gasteiger partial charge on any atom is 0.157 e. The van der Waals surface area contributed by atoms with Crippen LogP contribution in [0.5, 0.6) is 0 Å². The number of hydrogen-bond acceptors (Lipinski definition) is 4. The molecule has 6 nitrogen and oxygen atoms in total. The second kappa shape index (κ2) is 7.37. The van der Waals surface area contributed by atoms with Crippen molar-refractivity contribution in [3.8, 4) is 17.1 Å². The van der Waals surface area contributed by atoms with E-state index < -0.39 is 0 Å². The van der Waals surface area contributed by atoms with Crippen LogP contribution in [0.2, 0.25) is 10.0 Å². The van der Waals surface area contributed by atoms with Gasteiger partial charge in [0.25, 0.3) is 0 Å². The molecule has 4 rings (SSSR count). The molecule has 0 fully saturated rings. The van der Waals surface area contributed by atoms with Gasteiger partial charge in [-0.25, -0.2) is 14.6 Å². The van der Waals surface area contributed by atoms with Gasteiger partial charge in [-0.15, -0.1) is 0 Å². The summed E-state index contributed by atoms with van der Waals surface area (Å²) in [5.74, 6) is 0.666. The van der Waals surface area contributed by atoms with Crippen LogP contribution in [0, 0.1) is 13.8 Å². The summed E-state index contributed by atoms with van der Waals surface area (Å²) < 4.78 is 3.52. The Hall–Kier alpha value is -2.70. The highest BCUT2D eigenvalue weighted by Crippen LogP contribution is 2.31. The summed E-state index contributed by atoms with van der Waals surface area (Å²) >= 11 is 12.9. The Bertz CT molecular complexity index is 1150. The Labute approximate surface area is 172 Å². The van der Waals surface area contributed by atoms with Crippen LogP contribution in [-0.2, 0) is 13.5 Å². The second-order valence-electron chi connectivity index (χ2n) is 6.54. The summed E-state index contributed by atoms with van der Waals surface area (Å²) in [5, 5.41) is 10.3. The summed E-state index contributed by atoms with van der Waals surface area (Å²) in [7, 11) is 1.89. The van der Waals surface area contributed by atoms with Gasteiger partial charge in [0.15, 0.2) is 5.82 Å². The van der Waals surface area contributed by atoms with Crippen LogP contribution in [0.4, 0.5) is 0 Å². The summed E-state index contributed by atoms with van der Waals surface area (Å²) in [6, 6.07) is 11.8. The van der Waals surface area contributed by atoms with Crippen LogP contribution in [0.3, 0.4) is 0 Å². The normalized spacial score (nSPS) is 11.2. The average molecular weight is 413 g/mol. The summed E-state index contributed by atoms with van der Waals surface area (Å²) in [6.07, 6.45) is 2.05. The lowest BCUT2D eigenvalue weighted by Gasteiger charge is -2.06. The minimum absolute atomic E-state index is 0.526. The molecule has 0 amide bonds. The first kappa shape index (κ1) is 18.7. The zero-order valence-electron chi connectivity index (χ0n) is 15.7. The molecular weight excluding hydrogens is 395 g/mol. The number of aryl methyl sites for hydroxylation is 2. The molecule has 0 spiro atoms. The molecule has 28 heavy (non-hydrogen) atoms. The van der Waals surface area contributed by atoms with E-state index in [0.29, 0.717) is 22.3 Å². The fraction of sp³-hybridized carbons (Fsp3) is 0.200. The highest BCUT2D eigenvalue weighted by molar-refractivity contribution is 6.33. The summed E-state index contributed by atoms with van der Waals surface area (Å²) in [6.45, 7) is 3.78. The second-order valence-corrected chi connectivity index (χ2v) is 7.30. The third-order valence-electron chi connectivity index (χ3n) is 4.63. The van der Waals surface area contributed by atoms with Crippen molar-refractivity contribution in [1.29, 1.82) is 0 Å². The highest BCUT2D eigenvalue weighted by atomic mass is 35.5. The fourth-order valence-electron chi connectivity index (χ4n) is 3.12. The predicted molar refractivity (Wildman–Crippen MR) is 110 cm³/mol. The van der Waals surface area contributed by atoms with Crippen LogP contribution in [-0.4, -0.2) is 29.5 Å².